The van der Waals surface area contributed by atoms with Crippen LogP contribution in [0, 0.1) is 0 Å². The summed E-state index contributed by atoms with van der Waals surface area (Å²) in [6, 6.07) is -1.21. The molecule has 10 heteroatoms. The summed E-state index contributed by atoms with van der Waals surface area (Å²) in [5, 5.41) is 0.615. The third kappa shape index (κ3) is 3.22. The molecule has 0 aromatic heterocycles. The zero-order valence-electron chi connectivity index (χ0n) is 6.98. The van der Waals surface area contributed by atoms with Gasteiger partial charge < -0.3 is 9.87 Å². The van der Waals surface area contributed by atoms with Crippen LogP contribution in [0.15, 0.2) is 0 Å². The monoisotopic (exact) mass is 250 g/mol. The summed E-state index contributed by atoms with van der Waals surface area (Å²) < 4.78 is 43.6. The summed E-state index contributed by atoms with van der Waals surface area (Å²) in [6.45, 7) is 0. The van der Waals surface area contributed by atoms with Gasteiger partial charge in [0.05, 0.1) is 0 Å². The smallest absolute Gasteiger partial charge is 0.746 e. The molecule has 1 saturated heterocycles. The van der Waals surface area contributed by atoms with Crippen molar-refractivity contribution in [2.45, 2.75) is 11.5 Å². The number of rotatable bonds is 1. The van der Waals surface area contributed by atoms with Gasteiger partial charge in [0, 0.05) is 0 Å². The first kappa shape index (κ1) is 14.4. The van der Waals surface area contributed by atoms with Crippen LogP contribution in [0.1, 0.15) is 0 Å². The van der Waals surface area contributed by atoms with Gasteiger partial charge >= 0.3 is 57.4 Å². The van der Waals surface area contributed by atoms with Gasteiger partial charge in [0.1, 0.15) is 10.1 Å². The molecule has 14 heavy (non-hydrogen) atoms. The molecule has 2 unspecified atom stereocenters. The van der Waals surface area contributed by atoms with Crippen LogP contribution in [0.25, 0.3) is 0 Å². The predicted molar refractivity (Wildman–Crippen MR) is 35.1 cm³/mol. The zero-order chi connectivity index (χ0) is 10.2. The molecule has 0 aromatic rings. The summed E-state index contributed by atoms with van der Waals surface area (Å²) in [5.41, 5.74) is 0. The van der Waals surface area contributed by atoms with Gasteiger partial charge in [-0.05, 0) is 0 Å². The van der Waals surface area contributed by atoms with Crippen LogP contribution in [0.3, 0.4) is 0 Å². The quantitative estimate of drug-likeness (QED) is 0.357. The van der Waals surface area contributed by atoms with Crippen LogP contribution in [-0.4, -0.2) is 36.5 Å². The van der Waals surface area contributed by atoms with Crippen LogP contribution in [0.4, 0.5) is 9.18 Å². The standard InChI is InChI=1S/C4H5FN2O5S.K/c5-1-2(8)6-4(9)7-3(1)13(10,11)12;/h1,3H,(H,10,11,12)(H2,6,7,8,9);/q;+1/p-1. The molecule has 0 saturated carbocycles. The van der Waals surface area contributed by atoms with E-state index in [2.05, 4.69) is 0 Å². The van der Waals surface area contributed by atoms with E-state index in [1.54, 1.807) is 0 Å². The Labute approximate surface area is 121 Å². The molecular formula is C4H4FKN2O5S. The van der Waals surface area contributed by atoms with E-state index in [4.69, 9.17) is 0 Å². The van der Waals surface area contributed by atoms with Crippen molar-refractivity contribution in [3.8, 4) is 0 Å². The molecule has 2 N–H and O–H groups in total. The van der Waals surface area contributed by atoms with Gasteiger partial charge in [-0.15, -0.1) is 0 Å². The van der Waals surface area contributed by atoms with Crippen molar-refractivity contribution in [3.63, 3.8) is 0 Å². The third-order valence-corrected chi connectivity index (χ3v) is 2.32. The molecular weight excluding hydrogens is 246 g/mol. The molecule has 3 amide bonds. The Kier molecular flexibility index (Phi) is 5.11. The van der Waals surface area contributed by atoms with Crippen LogP contribution in [-0.2, 0) is 14.9 Å². The first-order valence-electron chi connectivity index (χ1n) is 3.02. The van der Waals surface area contributed by atoms with Gasteiger partial charge in [0.15, 0.2) is 5.37 Å². The number of carbonyl (C=O) groups is 2. The van der Waals surface area contributed by atoms with E-state index in [0.29, 0.717) is 0 Å². The third-order valence-electron chi connectivity index (χ3n) is 1.34. The second-order valence-electron chi connectivity index (χ2n) is 2.28. The molecule has 1 aliphatic rings. The van der Waals surface area contributed by atoms with Crippen LogP contribution in [0.5, 0.6) is 0 Å². The van der Waals surface area contributed by atoms with E-state index >= 15 is 0 Å². The topological polar surface area (TPSA) is 115 Å². The Morgan fingerprint density at radius 2 is 1.86 bits per heavy atom. The molecule has 0 radical (unpaired) electrons. The van der Waals surface area contributed by atoms with E-state index in [1.807, 2.05) is 0 Å². The second kappa shape index (κ2) is 4.96. The summed E-state index contributed by atoms with van der Waals surface area (Å²) >= 11 is 0. The Morgan fingerprint density at radius 1 is 1.36 bits per heavy atom. The summed E-state index contributed by atoms with van der Waals surface area (Å²) in [7, 11) is -5.06. The molecule has 2 atom stereocenters. The molecule has 74 valence electrons. The fraction of sp³-hybridized carbons (Fsp3) is 0.500. The van der Waals surface area contributed by atoms with Crippen molar-refractivity contribution in [3.05, 3.63) is 0 Å². The minimum absolute atomic E-state index is 0. The number of nitrogens with one attached hydrogen (secondary N) is 2. The number of hydrogen-bond donors (Lipinski definition) is 2. The maximum Gasteiger partial charge on any atom is 1.00 e. The van der Waals surface area contributed by atoms with Crippen molar-refractivity contribution >= 4 is 22.1 Å². The SMILES string of the molecule is O=C1NC(=O)C(F)C(S(=O)(=O)[O-])N1.[K+]. The molecule has 0 bridgehead atoms. The van der Waals surface area contributed by atoms with Gasteiger partial charge in [-0.25, -0.2) is 17.6 Å². The van der Waals surface area contributed by atoms with Gasteiger partial charge in [-0.1, -0.05) is 0 Å². The van der Waals surface area contributed by atoms with Gasteiger partial charge in [-0.2, -0.15) is 0 Å². The molecule has 1 fully saturated rings. The number of carbonyl (C=O) groups excluding carboxylic acids is 2. The van der Waals surface area contributed by atoms with Crippen LogP contribution >= 0.6 is 0 Å². The minimum atomic E-state index is -5.06. The number of halogens is 1. The van der Waals surface area contributed by atoms with Gasteiger partial charge in [-0.3, -0.25) is 10.1 Å². The van der Waals surface area contributed by atoms with E-state index in [9.17, 15) is 27.0 Å². The molecule has 1 aliphatic heterocycles. The van der Waals surface area contributed by atoms with Crippen molar-refractivity contribution in [1.82, 2.24) is 10.6 Å². The summed E-state index contributed by atoms with van der Waals surface area (Å²) in [6.07, 6.45) is -2.57. The summed E-state index contributed by atoms with van der Waals surface area (Å²) in [4.78, 5) is 21.0. The molecule has 1 heterocycles. The van der Waals surface area contributed by atoms with Crippen molar-refractivity contribution < 1.29 is 78.3 Å². The maximum absolute atomic E-state index is 12.7. The van der Waals surface area contributed by atoms with Crippen molar-refractivity contribution in [2.75, 3.05) is 0 Å². The number of hydrogen-bond acceptors (Lipinski definition) is 5. The Hall–Kier alpha value is 0.416. The minimum Gasteiger partial charge on any atom is -0.746 e. The van der Waals surface area contributed by atoms with Crippen LogP contribution in [0.2, 0.25) is 0 Å². The normalized spacial score (nSPS) is 27.3. The number of imide groups is 1. The van der Waals surface area contributed by atoms with Crippen LogP contribution < -0.4 is 62.0 Å². The second-order valence-corrected chi connectivity index (χ2v) is 3.77. The largest absolute Gasteiger partial charge is 1.00 e. The Bertz CT molecular complexity index is 357. The van der Waals surface area contributed by atoms with Crippen molar-refractivity contribution in [1.29, 1.82) is 0 Å². The first-order valence-corrected chi connectivity index (χ1v) is 4.49. The molecule has 0 aromatic carbocycles. The number of alkyl halides is 1. The number of urea groups is 1. The fourth-order valence-electron chi connectivity index (χ4n) is 0.775. The van der Waals surface area contributed by atoms with Crippen molar-refractivity contribution in [2.24, 2.45) is 0 Å². The molecule has 7 nitrogen and oxygen atoms in total. The zero-order valence-corrected chi connectivity index (χ0v) is 10.9. The summed E-state index contributed by atoms with van der Waals surface area (Å²) in [5.74, 6) is -1.44. The van der Waals surface area contributed by atoms with Gasteiger partial charge in [0.25, 0.3) is 5.91 Å². The van der Waals surface area contributed by atoms with E-state index < -0.39 is 33.6 Å². The average molecular weight is 250 g/mol. The van der Waals surface area contributed by atoms with E-state index in [-0.39, 0.29) is 51.4 Å². The molecule has 0 aliphatic carbocycles. The van der Waals surface area contributed by atoms with E-state index in [0.717, 1.165) is 0 Å². The maximum atomic E-state index is 12.7. The van der Waals surface area contributed by atoms with E-state index in [1.165, 1.54) is 10.6 Å². The predicted octanol–water partition coefficient (Wildman–Crippen LogP) is -4.96. The average Bonchev–Trinajstić information content (AvgIpc) is 1.94. The van der Waals surface area contributed by atoms with Gasteiger partial charge in [0.2, 0.25) is 6.17 Å². The fourth-order valence-corrected chi connectivity index (χ4v) is 1.44. The number of amides is 3. The molecule has 1 rings (SSSR count). The molecule has 0 spiro atoms. The Balaban J connectivity index is 0.00000169. The first-order chi connectivity index (χ1) is 5.82. The Morgan fingerprint density at radius 3 is 2.29 bits per heavy atom.